The monoisotopic (exact) mass is 292 g/mol. The Labute approximate surface area is 112 Å². The summed E-state index contributed by atoms with van der Waals surface area (Å²) in [5, 5.41) is 0. The van der Waals surface area contributed by atoms with Crippen molar-refractivity contribution in [3.05, 3.63) is 35.2 Å². The van der Waals surface area contributed by atoms with Gasteiger partial charge in [0.1, 0.15) is 17.1 Å². The lowest BCUT2D eigenvalue weighted by Crippen LogP contribution is -2.11. The van der Waals surface area contributed by atoms with Crippen LogP contribution in [0.4, 0.5) is 17.6 Å². The van der Waals surface area contributed by atoms with Crippen LogP contribution in [0.3, 0.4) is 0 Å². The SMILES string of the molecule is CCOC(=O)C=Cc1ccc(OC)c(C(F)(F)F)c1F. The Kier molecular flexibility index (Phi) is 5.12. The zero-order valence-electron chi connectivity index (χ0n) is 10.8. The fourth-order valence-corrected chi connectivity index (χ4v) is 1.49. The number of carbonyl (C=O) groups excluding carboxylic acids is 1. The molecular formula is C13H12F4O3. The Morgan fingerprint density at radius 3 is 2.50 bits per heavy atom. The van der Waals surface area contributed by atoms with E-state index < -0.39 is 29.3 Å². The molecule has 1 rings (SSSR count). The number of esters is 1. The average molecular weight is 292 g/mol. The van der Waals surface area contributed by atoms with E-state index in [0.29, 0.717) is 0 Å². The summed E-state index contributed by atoms with van der Waals surface area (Å²) in [4.78, 5) is 11.1. The lowest BCUT2D eigenvalue weighted by Gasteiger charge is -2.14. The van der Waals surface area contributed by atoms with E-state index in [9.17, 15) is 22.4 Å². The summed E-state index contributed by atoms with van der Waals surface area (Å²) in [6.45, 7) is 1.68. The van der Waals surface area contributed by atoms with E-state index >= 15 is 0 Å². The van der Waals surface area contributed by atoms with Crippen LogP contribution in [0.1, 0.15) is 18.1 Å². The normalized spacial score (nSPS) is 11.7. The smallest absolute Gasteiger partial charge is 0.422 e. The molecule has 1 aromatic carbocycles. The zero-order chi connectivity index (χ0) is 15.3. The van der Waals surface area contributed by atoms with E-state index in [-0.39, 0.29) is 12.2 Å². The predicted molar refractivity (Wildman–Crippen MR) is 63.6 cm³/mol. The number of hydrogen-bond acceptors (Lipinski definition) is 3. The third kappa shape index (κ3) is 3.72. The van der Waals surface area contributed by atoms with Gasteiger partial charge in [0.15, 0.2) is 0 Å². The number of ether oxygens (including phenoxy) is 2. The molecule has 3 nitrogen and oxygen atoms in total. The quantitative estimate of drug-likeness (QED) is 0.484. The number of hydrogen-bond donors (Lipinski definition) is 0. The Hall–Kier alpha value is -2.05. The summed E-state index contributed by atoms with van der Waals surface area (Å²) < 4.78 is 61.2. The minimum absolute atomic E-state index is 0.113. The number of alkyl halides is 3. The van der Waals surface area contributed by atoms with Crippen LogP contribution in [0.5, 0.6) is 5.75 Å². The van der Waals surface area contributed by atoms with Crippen molar-refractivity contribution in [1.29, 1.82) is 0 Å². The molecular weight excluding hydrogens is 280 g/mol. The van der Waals surface area contributed by atoms with Gasteiger partial charge >= 0.3 is 12.1 Å². The Morgan fingerprint density at radius 2 is 2.00 bits per heavy atom. The maximum Gasteiger partial charge on any atom is 0.422 e. The maximum atomic E-state index is 13.8. The van der Waals surface area contributed by atoms with Gasteiger partial charge in [-0.15, -0.1) is 0 Å². The molecule has 20 heavy (non-hydrogen) atoms. The standard InChI is InChI=1S/C13H12F4O3/c1-3-20-10(18)7-5-8-4-6-9(19-2)11(12(8)14)13(15,16)17/h4-7H,3H2,1-2H3. The summed E-state index contributed by atoms with van der Waals surface area (Å²) in [5.41, 5.74) is -1.89. The first-order valence-corrected chi connectivity index (χ1v) is 5.59. The zero-order valence-corrected chi connectivity index (χ0v) is 10.8. The van der Waals surface area contributed by atoms with E-state index in [1.165, 1.54) is 0 Å². The van der Waals surface area contributed by atoms with Gasteiger partial charge in [-0.2, -0.15) is 13.2 Å². The first-order valence-electron chi connectivity index (χ1n) is 5.59. The average Bonchev–Trinajstić information content (AvgIpc) is 2.35. The Balaban J connectivity index is 3.21. The molecule has 0 aliphatic carbocycles. The second-order valence-corrected chi connectivity index (χ2v) is 3.63. The van der Waals surface area contributed by atoms with Gasteiger partial charge in [-0.3, -0.25) is 0 Å². The molecule has 0 fully saturated rings. The van der Waals surface area contributed by atoms with E-state index in [0.717, 1.165) is 31.4 Å². The van der Waals surface area contributed by atoms with E-state index in [2.05, 4.69) is 9.47 Å². The highest BCUT2D eigenvalue weighted by Crippen LogP contribution is 2.39. The molecule has 1 aromatic rings. The minimum atomic E-state index is -4.90. The Bertz CT molecular complexity index is 521. The highest BCUT2D eigenvalue weighted by atomic mass is 19.4. The van der Waals surface area contributed by atoms with Crippen molar-refractivity contribution in [3.8, 4) is 5.75 Å². The van der Waals surface area contributed by atoms with Crippen LogP contribution in [0.15, 0.2) is 18.2 Å². The van der Waals surface area contributed by atoms with Gasteiger partial charge in [0, 0.05) is 11.6 Å². The lowest BCUT2D eigenvalue weighted by molar-refractivity contribution is -0.141. The molecule has 0 spiro atoms. The number of benzene rings is 1. The molecule has 110 valence electrons. The number of methoxy groups -OCH3 is 1. The van der Waals surface area contributed by atoms with Crippen molar-refractivity contribution < 1.29 is 31.8 Å². The van der Waals surface area contributed by atoms with Crippen LogP contribution in [0.2, 0.25) is 0 Å². The van der Waals surface area contributed by atoms with Gasteiger partial charge in [0.2, 0.25) is 0 Å². The van der Waals surface area contributed by atoms with Crippen molar-refractivity contribution in [2.24, 2.45) is 0 Å². The van der Waals surface area contributed by atoms with Gasteiger partial charge < -0.3 is 9.47 Å². The van der Waals surface area contributed by atoms with Crippen LogP contribution in [-0.4, -0.2) is 19.7 Å². The van der Waals surface area contributed by atoms with Gasteiger partial charge in [0.05, 0.1) is 13.7 Å². The van der Waals surface area contributed by atoms with Gasteiger partial charge in [-0.05, 0) is 25.1 Å². The molecule has 0 atom stereocenters. The van der Waals surface area contributed by atoms with Gasteiger partial charge in [0.25, 0.3) is 0 Å². The predicted octanol–water partition coefficient (Wildman–Crippen LogP) is 3.43. The van der Waals surface area contributed by atoms with E-state index in [1.54, 1.807) is 6.92 Å². The van der Waals surface area contributed by atoms with Gasteiger partial charge in [-0.25, -0.2) is 9.18 Å². The molecule has 0 saturated carbocycles. The van der Waals surface area contributed by atoms with Crippen molar-refractivity contribution in [1.82, 2.24) is 0 Å². The van der Waals surface area contributed by atoms with Crippen LogP contribution in [0.25, 0.3) is 6.08 Å². The largest absolute Gasteiger partial charge is 0.496 e. The van der Waals surface area contributed by atoms with Crippen molar-refractivity contribution in [2.75, 3.05) is 13.7 Å². The topological polar surface area (TPSA) is 35.5 Å². The minimum Gasteiger partial charge on any atom is -0.496 e. The molecule has 0 radical (unpaired) electrons. The Morgan fingerprint density at radius 1 is 1.35 bits per heavy atom. The summed E-state index contributed by atoms with van der Waals surface area (Å²) in [5.74, 6) is -2.89. The molecule has 0 bridgehead atoms. The lowest BCUT2D eigenvalue weighted by atomic mass is 10.1. The fourth-order valence-electron chi connectivity index (χ4n) is 1.49. The van der Waals surface area contributed by atoms with Crippen molar-refractivity contribution >= 4 is 12.0 Å². The molecule has 7 heteroatoms. The fraction of sp³-hybridized carbons (Fsp3) is 0.308. The molecule has 0 amide bonds. The molecule has 0 aliphatic rings. The molecule has 0 saturated heterocycles. The summed E-state index contributed by atoms with van der Waals surface area (Å²) in [7, 11) is 1.01. The highest BCUT2D eigenvalue weighted by molar-refractivity contribution is 5.87. The van der Waals surface area contributed by atoms with Crippen LogP contribution < -0.4 is 4.74 Å². The van der Waals surface area contributed by atoms with Crippen LogP contribution in [-0.2, 0) is 15.7 Å². The molecule has 0 aromatic heterocycles. The molecule has 0 N–H and O–H groups in total. The summed E-state index contributed by atoms with van der Waals surface area (Å²) in [6, 6.07) is 2.07. The molecule has 0 unspecified atom stereocenters. The first-order chi connectivity index (χ1) is 9.31. The number of halogens is 4. The molecule has 0 aliphatic heterocycles. The van der Waals surface area contributed by atoms with Crippen molar-refractivity contribution in [2.45, 2.75) is 13.1 Å². The first kappa shape index (κ1) is 16.0. The van der Waals surface area contributed by atoms with E-state index in [1.807, 2.05) is 0 Å². The second-order valence-electron chi connectivity index (χ2n) is 3.63. The number of rotatable bonds is 4. The highest BCUT2D eigenvalue weighted by Gasteiger charge is 2.38. The van der Waals surface area contributed by atoms with Crippen molar-refractivity contribution in [3.63, 3.8) is 0 Å². The van der Waals surface area contributed by atoms with Crippen LogP contribution >= 0.6 is 0 Å². The third-order valence-electron chi connectivity index (χ3n) is 2.32. The number of carbonyl (C=O) groups is 1. The third-order valence-corrected chi connectivity index (χ3v) is 2.32. The summed E-state index contributed by atoms with van der Waals surface area (Å²) >= 11 is 0. The van der Waals surface area contributed by atoms with E-state index in [4.69, 9.17) is 0 Å². The van der Waals surface area contributed by atoms with Gasteiger partial charge in [-0.1, -0.05) is 0 Å². The second kappa shape index (κ2) is 6.40. The summed E-state index contributed by atoms with van der Waals surface area (Å²) in [6.07, 6.45) is -3.13. The van der Waals surface area contributed by atoms with Crippen LogP contribution in [0, 0.1) is 5.82 Å². The maximum absolute atomic E-state index is 13.8. The molecule has 0 heterocycles.